The van der Waals surface area contributed by atoms with E-state index in [2.05, 4.69) is 5.32 Å². The highest BCUT2D eigenvalue weighted by Gasteiger charge is 2.44. The van der Waals surface area contributed by atoms with Crippen molar-refractivity contribution in [3.8, 4) is 6.07 Å². The third-order valence-electron chi connectivity index (χ3n) is 3.88. The maximum Gasteiger partial charge on any atom is 0.311 e. The van der Waals surface area contributed by atoms with Crippen LogP contribution in [0, 0.1) is 26.9 Å². The van der Waals surface area contributed by atoms with Crippen LogP contribution in [0.5, 0.6) is 0 Å². The molecule has 21 heavy (non-hydrogen) atoms. The Hall–Kier alpha value is -2.62. The Kier molecular flexibility index (Phi) is 4.23. The molecule has 0 bridgehead atoms. The standard InChI is InChI=1S/C14H17N3O4/c1-13(2,12(18)19)14(3,4)16-10-7-5-6-9(8-15)11(10)17(20)21/h5-7,16H,1-4H3,(H,18,19). The highest BCUT2D eigenvalue weighted by molar-refractivity contribution is 5.77. The van der Waals surface area contributed by atoms with Crippen LogP contribution in [-0.4, -0.2) is 21.5 Å². The van der Waals surface area contributed by atoms with Gasteiger partial charge in [0.25, 0.3) is 0 Å². The highest BCUT2D eigenvalue weighted by Crippen LogP contribution is 2.37. The molecule has 0 aromatic heterocycles. The normalized spacial score (nSPS) is 11.6. The first-order valence-electron chi connectivity index (χ1n) is 6.23. The molecule has 0 atom stereocenters. The number of carboxylic acid groups (broad SMARTS) is 1. The molecular formula is C14H17N3O4. The van der Waals surface area contributed by atoms with Gasteiger partial charge in [-0.3, -0.25) is 14.9 Å². The van der Waals surface area contributed by atoms with Crippen molar-refractivity contribution in [1.29, 1.82) is 5.26 Å². The van der Waals surface area contributed by atoms with Crippen molar-refractivity contribution in [2.45, 2.75) is 33.2 Å². The van der Waals surface area contributed by atoms with Crippen molar-refractivity contribution in [3.63, 3.8) is 0 Å². The van der Waals surface area contributed by atoms with E-state index in [9.17, 15) is 20.0 Å². The number of nitro benzene ring substituents is 1. The van der Waals surface area contributed by atoms with E-state index in [1.807, 2.05) is 0 Å². The Morgan fingerprint density at radius 2 is 1.95 bits per heavy atom. The monoisotopic (exact) mass is 291 g/mol. The van der Waals surface area contributed by atoms with Crippen LogP contribution in [0.4, 0.5) is 11.4 Å². The van der Waals surface area contributed by atoms with E-state index in [0.29, 0.717) is 0 Å². The minimum absolute atomic E-state index is 0.0751. The van der Waals surface area contributed by atoms with Crippen molar-refractivity contribution < 1.29 is 14.8 Å². The van der Waals surface area contributed by atoms with Crippen LogP contribution < -0.4 is 5.32 Å². The number of benzene rings is 1. The Balaban J connectivity index is 3.35. The molecule has 0 radical (unpaired) electrons. The summed E-state index contributed by atoms with van der Waals surface area (Å²) in [5, 5.41) is 32.3. The first-order valence-corrected chi connectivity index (χ1v) is 6.23. The van der Waals surface area contributed by atoms with Gasteiger partial charge in [0.15, 0.2) is 0 Å². The first kappa shape index (κ1) is 16.4. The van der Waals surface area contributed by atoms with Gasteiger partial charge in [-0.05, 0) is 39.8 Å². The number of carboxylic acids is 1. The summed E-state index contributed by atoms with van der Waals surface area (Å²) in [5.74, 6) is -1.03. The summed E-state index contributed by atoms with van der Waals surface area (Å²) in [6, 6.07) is 6.08. The third kappa shape index (κ3) is 2.94. The van der Waals surface area contributed by atoms with E-state index in [1.165, 1.54) is 32.0 Å². The average Bonchev–Trinajstić information content (AvgIpc) is 2.36. The van der Waals surface area contributed by atoms with E-state index in [-0.39, 0.29) is 16.9 Å². The number of rotatable bonds is 5. The molecule has 0 spiro atoms. The Bertz CT molecular complexity index is 630. The fourth-order valence-electron chi connectivity index (χ4n) is 1.69. The molecule has 1 rings (SSSR count). The first-order chi connectivity index (χ1) is 9.54. The van der Waals surface area contributed by atoms with Crippen LogP contribution in [0.15, 0.2) is 18.2 Å². The second kappa shape index (κ2) is 5.40. The molecule has 2 N–H and O–H groups in total. The number of nitro groups is 1. The predicted octanol–water partition coefficient (Wildman–Crippen LogP) is 2.77. The Morgan fingerprint density at radius 3 is 2.38 bits per heavy atom. The maximum atomic E-state index is 11.4. The molecule has 0 saturated carbocycles. The number of aliphatic carboxylic acids is 1. The number of anilines is 1. The maximum absolute atomic E-state index is 11.4. The molecule has 0 amide bonds. The summed E-state index contributed by atoms with van der Waals surface area (Å²) in [5.41, 5.74) is -2.46. The van der Waals surface area contributed by atoms with Crippen molar-refractivity contribution in [2.75, 3.05) is 5.32 Å². The number of nitriles is 1. The summed E-state index contributed by atoms with van der Waals surface area (Å²) in [7, 11) is 0. The minimum atomic E-state index is -1.18. The lowest BCUT2D eigenvalue weighted by atomic mass is 9.74. The lowest BCUT2D eigenvalue weighted by molar-refractivity contribution is -0.384. The number of hydrogen-bond acceptors (Lipinski definition) is 5. The largest absolute Gasteiger partial charge is 0.481 e. The Labute approximate surface area is 122 Å². The number of nitrogens with zero attached hydrogens (tertiary/aromatic N) is 2. The predicted molar refractivity (Wildman–Crippen MR) is 76.9 cm³/mol. The molecule has 0 unspecified atom stereocenters. The quantitative estimate of drug-likeness (QED) is 0.636. The lowest BCUT2D eigenvalue weighted by Crippen LogP contribution is -2.50. The van der Waals surface area contributed by atoms with Crippen LogP contribution in [-0.2, 0) is 4.79 Å². The van der Waals surface area contributed by atoms with E-state index < -0.39 is 21.8 Å². The number of hydrogen-bond donors (Lipinski definition) is 2. The van der Waals surface area contributed by atoms with Gasteiger partial charge in [-0.15, -0.1) is 0 Å². The molecule has 0 aliphatic carbocycles. The van der Waals surface area contributed by atoms with Crippen molar-refractivity contribution in [1.82, 2.24) is 0 Å². The molecule has 7 nitrogen and oxygen atoms in total. The van der Waals surface area contributed by atoms with Crippen LogP contribution in [0.3, 0.4) is 0 Å². The molecule has 112 valence electrons. The zero-order chi connectivity index (χ0) is 16.4. The SMILES string of the molecule is CC(C)(Nc1cccc(C#N)c1[N+](=O)[O-])C(C)(C)C(=O)O. The number of carbonyl (C=O) groups is 1. The van der Waals surface area contributed by atoms with Gasteiger partial charge in [0.2, 0.25) is 0 Å². The van der Waals surface area contributed by atoms with Gasteiger partial charge in [-0.1, -0.05) is 6.07 Å². The summed E-state index contributed by atoms with van der Waals surface area (Å²) in [6.07, 6.45) is 0. The van der Waals surface area contributed by atoms with Gasteiger partial charge >= 0.3 is 11.7 Å². The summed E-state index contributed by atoms with van der Waals surface area (Å²) >= 11 is 0. The molecule has 0 fully saturated rings. The zero-order valence-electron chi connectivity index (χ0n) is 12.3. The average molecular weight is 291 g/mol. The fourth-order valence-corrected chi connectivity index (χ4v) is 1.69. The molecule has 0 aliphatic heterocycles. The molecule has 1 aromatic carbocycles. The Morgan fingerprint density at radius 1 is 1.38 bits per heavy atom. The third-order valence-corrected chi connectivity index (χ3v) is 3.88. The van der Waals surface area contributed by atoms with Gasteiger partial charge in [0.05, 0.1) is 10.3 Å². The molecular weight excluding hydrogens is 274 g/mol. The van der Waals surface area contributed by atoms with Crippen LogP contribution >= 0.6 is 0 Å². The van der Waals surface area contributed by atoms with Crippen LogP contribution in [0.2, 0.25) is 0 Å². The molecule has 0 aliphatic rings. The van der Waals surface area contributed by atoms with Crippen molar-refractivity contribution >= 4 is 17.3 Å². The second-order valence-corrected chi connectivity index (χ2v) is 5.75. The topological polar surface area (TPSA) is 116 Å². The lowest BCUT2D eigenvalue weighted by Gasteiger charge is -2.39. The summed E-state index contributed by atoms with van der Waals surface area (Å²) < 4.78 is 0. The summed E-state index contributed by atoms with van der Waals surface area (Å²) in [6.45, 7) is 6.35. The van der Waals surface area contributed by atoms with Gasteiger partial charge in [0.1, 0.15) is 17.3 Å². The van der Waals surface area contributed by atoms with E-state index in [0.717, 1.165) is 0 Å². The van der Waals surface area contributed by atoms with Gasteiger partial charge in [-0.2, -0.15) is 5.26 Å². The van der Waals surface area contributed by atoms with Crippen molar-refractivity contribution in [2.24, 2.45) is 5.41 Å². The molecule has 7 heteroatoms. The smallest absolute Gasteiger partial charge is 0.311 e. The highest BCUT2D eigenvalue weighted by atomic mass is 16.6. The summed E-state index contributed by atoms with van der Waals surface area (Å²) in [4.78, 5) is 21.9. The van der Waals surface area contributed by atoms with Gasteiger partial charge < -0.3 is 10.4 Å². The van der Waals surface area contributed by atoms with Crippen LogP contribution in [0.1, 0.15) is 33.3 Å². The van der Waals surface area contributed by atoms with E-state index in [1.54, 1.807) is 19.9 Å². The van der Waals surface area contributed by atoms with E-state index >= 15 is 0 Å². The van der Waals surface area contributed by atoms with Gasteiger partial charge in [0, 0.05) is 5.54 Å². The fraction of sp³-hybridized carbons (Fsp3) is 0.429. The number of para-hydroxylation sites is 1. The molecule has 0 heterocycles. The second-order valence-electron chi connectivity index (χ2n) is 5.75. The zero-order valence-corrected chi connectivity index (χ0v) is 12.3. The molecule has 1 aromatic rings. The molecule has 0 saturated heterocycles. The van der Waals surface area contributed by atoms with Crippen LogP contribution in [0.25, 0.3) is 0 Å². The number of nitrogens with one attached hydrogen (secondary N) is 1. The minimum Gasteiger partial charge on any atom is -0.481 e. The van der Waals surface area contributed by atoms with E-state index in [4.69, 9.17) is 5.26 Å². The van der Waals surface area contributed by atoms with Gasteiger partial charge in [-0.25, -0.2) is 0 Å². The van der Waals surface area contributed by atoms with Crippen molar-refractivity contribution in [3.05, 3.63) is 33.9 Å².